The molecule has 3 N–H and O–H groups in total. The molecule has 1 aromatic carbocycles. The highest BCUT2D eigenvalue weighted by molar-refractivity contribution is 7.99. The van der Waals surface area contributed by atoms with E-state index < -0.39 is 5.91 Å². The number of aryl methyl sites for hydroxylation is 1. The highest BCUT2D eigenvalue weighted by Gasteiger charge is 2.12. The Bertz CT molecular complexity index is 892. The Labute approximate surface area is 152 Å². The molecule has 2 aromatic heterocycles. The Kier molecular flexibility index (Phi) is 5.64. The molecule has 3 rings (SSSR count). The van der Waals surface area contributed by atoms with E-state index in [1.807, 2.05) is 30.3 Å². The zero-order valence-corrected chi connectivity index (χ0v) is 14.7. The summed E-state index contributed by atoms with van der Waals surface area (Å²) in [6, 6.07) is 11.1. The van der Waals surface area contributed by atoms with Crippen molar-refractivity contribution in [2.75, 3.05) is 5.75 Å². The number of H-pyrrole nitrogens is 1. The van der Waals surface area contributed by atoms with E-state index in [1.165, 1.54) is 11.8 Å². The van der Waals surface area contributed by atoms with E-state index in [0.29, 0.717) is 23.2 Å². The smallest absolute Gasteiger partial charge is 0.287 e. The van der Waals surface area contributed by atoms with E-state index >= 15 is 0 Å². The number of amides is 2. The van der Waals surface area contributed by atoms with Gasteiger partial charge in [-0.05, 0) is 6.07 Å². The summed E-state index contributed by atoms with van der Waals surface area (Å²) >= 11 is 1.31. The van der Waals surface area contributed by atoms with Crippen molar-refractivity contribution in [2.45, 2.75) is 12.7 Å². The van der Waals surface area contributed by atoms with Gasteiger partial charge in [0.05, 0.1) is 17.2 Å². The zero-order valence-electron chi connectivity index (χ0n) is 13.9. The molecule has 2 heterocycles. The Morgan fingerprint density at radius 2 is 2.04 bits per heavy atom. The highest BCUT2D eigenvalue weighted by atomic mass is 32.2. The Balaban J connectivity index is 1.43. The quantitative estimate of drug-likeness (QED) is 0.559. The standard InChI is InChI=1S/C16H16N6O3S/c1-10-17-14(22-25-10)8-26-9-15(23)20-21-16(24)13-7-12(18-19-13)11-5-3-2-4-6-11/h2-7H,8-9H2,1H3,(H,18,19)(H,20,23)(H,21,24). The van der Waals surface area contributed by atoms with Crippen LogP contribution in [0, 0.1) is 6.92 Å². The van der Waals surface area contributed by atoms with Crippen LogP contribution in [0.4, 0.5) is 0 Å². The number of carbonyl (C=O) groups is 2. The molecule has 9 nitrogen and oxygen atoms in total. The molecule has 10 heteroatoms. The largest absolute Gasteiger partial charge is 0.340 e. The van der Waals surface area contributed by atoms with Gasteiger partial charge < -0.3 is 4.52 Å². The van der Waals surface area contributed by atoms with E-state index in [4.69, 9.17) is 4.52 Å². The van der Waals surface area contributed by atoms with Crippen LogP contribution in [-0.2, 0) is 10.5 Å². The van der Waals surface area contributed by atoms with E-state index in [2.05, 4.69) is 31.2 Å². The molecule has 2 amide bonds. The maximum absolute atomic E-state index is 12.1. The summed E-state index contributed by atoms with van der Waals surface area (Å²) in [5, 5.41) is 10.5. The molecule has 26 heavy (non-hydrogen) atoms. The second kappa shape index (κ2) is 8.30. The number of benzene rings is 1. The van der Waals surface area contributed by atoms with Crippen LogP contribution in [0.25, 0.3) is 11.3 Å². The van der Waals surface area contributed by atoms with Crippen LogP contribution in [0.2, 0.25) is 0 Å². The van der Waals surface area contributed by atoms with Gasteiger partial charge in [0, 0.05) is 12.5 Å². The minimum atomic E-state index is -0.480. The number of hydrogen-bond acceptors (Lipinski definition) is 7. The molecule has 134 valence electrons. The average Bonchev–Trinajstić information content (AvgIpc) is 3.30. The summed E-state index contributed by atoms with van der Waals surface area (Å²) in [6.45, 7) is 1.70. The van der Waals surface area contributed by atoms with Crippen LogP contribution < -0.4 is 10.9 Å². The molecule has 0 aliphatic heterocycles. The molecular weight excluding hydrogens is 356 g/mol. The summed E-state index contributed by atoms with van der Waals surface area (Å²) in [5.74, 6) is 0.770. The molecule has 0 unspecified atom stereocenters. The van der Waals surface area contributed by atoms with Crippen molar-refractivity contribution in [1.82, 2.24) is 31.2 Å². The van der Waals surface area contributed by atoms with Crippen molar-refractivity contribution in [3.8, 4) is 11.3 Å². The fourth-order valence-corrected chi connectivity index (χ4v) is 2.72. The third-order valence-electron chi connectivity index (χ3n) is 3.24. The van der Waals surface area contributed by atoms with Gasteiger partial charge in [-0.1, -0.05) is 35.5 Å². The van der Waals surface area contributed by atoms with Crippen molar-refractivity contribution in [2.24, 2.45) is 0 Å². The second-order valence-corrected chi connectivity index (χ2v) is 6.24. The van der Waals surface area contributed by atoms with Gasteiger partial charge in [0.25, 0.3) is 5.91 Å². The van der Waals surface area contributed by atoms with E-state index in [9.17, 15) is 9.59 Å². The van der Waals surface area contributed by atoms with Gasteiger partial charge in [-0.3, -0.25) is 25.5 Å². The number of aromatic nitrogens is 4. The maximum atomic E-state index is 12.1. The summed E-state index contributed by atoms with van der Waals surface area (Å²) < 4.78 is 4.84. The molecular formula is C16H16N6O3S. The van der Waals surface area contributed by atoms with Gasteiger partial charge in [-0.2, -0.15) is 10.1 Å². The van der Waals surface area contributed by atoms with Crippen molar-refractivity contribution < 1.29 is 14.1 Å². The Hall–Kier alpha value is -3.14. The van der Waals surface area contributed by atoms with Gasteiger partial charge in [-0.25, -0.2) is 0 Å². The van der Waals surface area contributed by atoms with Gasteiger partial charge in [0.15, 0.2) is 5.82 Å². The lowest BCUT2D eigenvalue weighted by Gasteiger charge is -2.05. The monoisotopic (exact) mass is 372 g/mol. The van der Waals surface area contributed by atoms with E-state index in [1.54, 1.807) is 13.0 Å². The topological polar surface area (TPSA) is 126 Å². The first kappa shape index (κ1) is 17.7. The van der Waals surface area contributed by atoms with Crippen LogP contribution in [0.1, 0.15) is 22.2 Å². The third-order valence-corrected chi connectivity index (χ3v) is 4.17. The number of nitrogens with zero attached hydrogens (tertiary/aromatic N) is 3. The summed E-state index contributed by atoms with van der Waals surface area (Å²) in [5.41, 5.74) is 6.48. The van der Waals surface area contributed by atoms with Crippen molar-refractivity contribution in [3.63, 3.8) is 0 Å². The zero-order chi connectivity index (χ0) is 18.4. The number of thioether (sulfide) groups is 1. The second-order valence-electron chi connectivity index (χ2n) is 5.26. The minimum Gasteiger partial charge on any atom is -0.340 e. The SMILES string of the molecule is Cc1nc(CSCC(=O)NNC(=O)c2cc(-c3ccccc3)n[nH]2)no1. The summed E-state index contributed by atoms with van der Waals surface area (Å²) in [6.07, 6.45) is 0. The molecule has 3 aromatic rings. The lowest BCUT2D eigenvalue weighted by atomic mass is 10.1. The molecule has 0 atom stereocenters. The van der Waals surface area contributed by atoms with Crippen LogP contribution in [0.5, 0.6) is 0 Å². The van der Waals surface area contributed by atoms with Crippen LogP contribution in [0.3, 0.4) is 0 Å². The first-order valence-corrected chi connectivity index (χ1v) is 8.84. The number of hydrazine groups is 1. The van der Waals surface area contributed by atoms with Crippen LogP contribution in [-0.4, -0.2) is 37.9 Å². The Morgan fingerprint density at radius 3 is 2.77 bits per heavy atom. The van der Waals surface area contributed by atoms with Crippen molar-refractivity contribution in [1.29, 1.82) is 0 Å². The van der Waals surface area contributed by atoms with E-state index in [0.717, 1.165) is 5.56 Å². The van der Waals surface area contributed by atoms with Gasteiger partial charge >= 0.3 is 0 Å². The predicted octanol–water partition coefficient (Wildman–Crippen LogP) is 1.46. The van der Waals surface area contributed by atoms with Crippen LogP contribution >= 0.6 is 11.8 Å². The maximum Gasteiger partial charge on any atom is 0.287 e. The number of rotatable bonds is 6. The molecule has 0 radical (unpaired) electrons. The average molecular weight is 372 g/mol. The van der Waals surface area contributed by atoms with Crippen molar-refractivity contribution >= 4 is 23.6 Å². The van der Waals surface area contributed by atoms with Gasteiger partial charge in [-0.15, -0.1) is 11.8 Å². The summed E-state index contributed by atoms with van der Waals surface area (Å²) in [7, 11) is 0. The first-order chi connectivity index (χ1) is 12.6. The van der Waals surface area contributed by atoms with Crippen molar-refractivity contribution in [3.05, 3.63) is 53.8 Å². The molecule has 0 aliphatic carbocycles. The number of carbonyl (C=O) groups excluding carboxylic acids is 2. The minimum absolute atomic E-state index is 0.145. The number of nitrogens with one attached hydrogen (secondary N) is 3. The lowest BCUT2D eigenvalue weighted by Crippen LogP contribution is -2.42. The predicted molar refractivity (Wildman–Crippen MR) is 94.8 cm³/mol. The lowest BCUT2D eigenvalue weighted by molar-refractivity contribution is -0.119. The van der Waals surface area contributed by atoms with Gasteiger partial charge in [0.2, 0.25) is 11.8 Å². The highest BCUT2D eigenvalue weighted by Crippen LogP contribution is 2.16. The Morgan fingerprint density at radius 1 is 1.23 bits per heavy atom. The van der Waals surface area contributed by atoms with Gasteiger partial charge in [0.1, 0.15) is 5.69 Å². The molecule has 0 fully saturated rings. The molecule has 0 bridgehead atoms. The van der Waals surface area contributed by atoms with E-state index in [-0.39, 0.29) is 17.4 Å². The fourth-order valence-electron chi connectivity index (χ4n) is 2.06. The normalized spacial score (nSPS) is 10.5. The molecule has 0 aliphatic rings. The molecule has 0 saturated heterocycles. The number of hydrogen-bond donors (Lipinski definition) is 3. The third kappa shape index (κ3) is 4.70. The number of aromatic amines is 1. The molecule has 0 saturated carbocycles. The van der Waals surface area contributed by atoms with Crippen LogP contribution in [0.15, 0.2) is 40.9 Å². The fraction of sp³-hybridized carbons (Fsp3) is 0.188. The molecule has 0 spiro atoms. The first-order valence-electron chi connectivity index (χ1n) is 7.69. The summed E-state index contributed by atoms with van der Waals surface area (Å²) in [4.78, 5) is 27.9.